The summed E-state index contributed by atoms with van der Waals surface area (Å²) in [5.41, 5.74) is 3.17. The average molecular weight is 271 g/mol. The molecular formula is C15H21N5. The molecule has 0 unspecified atom stereocenters. The van der Waals surface area contributed by atoms with E-state index in [0.29, 0.717) is 0 Å². The number of nitrogens with one attached hydrogen (secondary N) is 2. The second-order valence-electron chi connectivity index (χ2n) is 4.91. The Morgan fingerprint density at radius 3 is 2.40 bits per heavy atom. The van der Waals surface area contributed by atoms with Crippen LogP contribution in [0.2, 0.25) is 0 Å². The molecule has 0 bridgehead atoms. The summed E-state index contributed by atoms with van der Waals surface area (Å²) < 4.78 is 0. The van der Waals surface area contributed by atoms with E-state index in [1.54, 1.807) is 0 Å². The Morgan fingerprint density at radius 2 is 1.75 bits per heavy atom. The predicted octanol–water partition coefficient (Wildman–Crippen LogP) is 2.94. The van der Waals surface area contributed by atoms with Crippen molar-refractivity contribution in [2.75, 3.05) is 36.7 Å². The number of nitrogens with zero attached hydrogens (tertiary/aromatic N) is 3. The summed E-state index contributed by atoms with van der Waals surface area (Å²) in [4.78, 5) is 10.9. The van der Waals surface area contributed by atoms with Crippen LogP contribution >= 0.6 is 0 Å². The molecule has 0 fully saturated rings. The molecule has 0 spiro atoms. The SMILES string of the molecule is CNc1nc(C)nc(Nc2cccc(N(C)C)c2)c1C. The maximum absolute atomic E-state index is 4.48. The van der Waals surface area contributed by atoms with E-state index < -0.39 is 0 Å². The molecule has 0 amide bonds. The zero-order chi connectivity index (χ0) is 14.7. The molecule has 0 aliphatic carbocycles. The molecule has 5 nitrogen and oxygen atoms in total. The van der Waals surface area contributed by atoms with Gasteiger partial charge in [-0.05, 0) is 32.0 Å². The van der Waals surface area contributed by atoms with E-state index in [1.807, 2.05) is 47.1 Å². The first-order chi connectivity index (χ1) is 9.51. The molecule has 2 aromatic rings. The summed E-state index contributed by atoms with van der Waals surface area (Å²) in [5.74, 6) is 2.42. The van der Waals surface area contributed by atoms with Crippen LogP contribution in [0.1, 0.15) is 11.4 Å². The predicted molar refractivity (Wildman–Crippen MR) is 85.1 cm³/mol. The molecule has 0 atom stereocenters. The first-order valence-corrected chi connectivity index (χ1v) is 6.58. The van der Waals surface area contributed by atoms with Gasteiger partial charge in [-0.2, -0.15) is 0 Å². The lowest BCUT2D eigenvalue weighted by molar-refractivity contribution is 1.03. The third-order valence-electron chi connectivity index (χ3n) is 3.12. The molecule has 1 aromatic carbocycles. The van der Waals surface area contributed by atoms with Gasteiger partial charge in [0.15, 0.2) is 0 Å². The summed E-state index contributed by atoms with van der Waals surface area (Å²) in [7, 11) is 5.92. The minimum absolute atomic E-state index is 0.742. The maximum Gasteiger partial charge on any atom is 0.139 e. The number of aromatic nitrogens is 2. The standard InChI is InChI=1S/C15H21N5/c1-10-14(16-3)17-11(2)18-15(10)19-12-7-6-8-13(9-12)20(4)5/h6-9H,1-5H3,(H2,16,17,18,19). The summed E-state index contributed by atoms with van der Waals surface area (Å²) in [6, 6.07) is 8.22. The average Bonchev–Trinajstić information content (AvgIpc) is 2.42. The summed E-state index contributed by atoms with van der Waals surface area (Å²) in [6.45, 7) is 3.89. The maximum atomic E-state index is 4.48. The van der Waals surface area contributed by atoms with E-state index in [-0.39, 0.29) is 0 Å². The Labute approximate surface area is 120 Å². The molecule has 0 aliphatic heterocycles. The van der Waals surface area contributed by atoms with Crippen LogP contribution < -0.4 is 15.5 Å². The van der Waals surface area contributed by atoms with Gasteiger partial charge in [-0.3, -0.25) is 0 Å². The second kappa shape index (κ2) is 5.77. The van der Waals surface area contributed by atoms with Crippen molar-refractivity contribution in [3.63, 3.8) is 0 Å². The Bertz CT molecular complexity index is 607. The van der Waals surface area contributed by atoms with E-state index in [1.165, 1.54) is 0 Å². The Hall–Kier alpha value is -2.30. The molecule has 2 rings (SSSR count). The van der Waals surface area contributed by atoms with Crippen LogP contribution in [0.3, 0.4) is 0 Å². The fraction of sp³-hybridized carbons (Fsp3) is 0.333. The van der Waals surface area contributed by atoms with E-state index in [4.69, 9.17) is 0 Å². The van der Waals surface area contributed by atoms with Crippen molar-refractivity contribution in [3.05, 3.63) is 35.7 Å². The molecule has 20 heavy (non-hydrogen) atoms. The van der Waals surface area contributed by atoms with Gasteiger partial charge in [0.05, 0.1) is 0 Å². The molecule has 0 aliphatic rings. The molecule has 1 aromatic heterocycles. The number of anilines is 4. The van der Waals surface area contributed by atoms with E-state index in [0.717, 1.165) is 34.4 Å². The molecular weight excluding hydrogens is 250 g/mol. The van der Waals surface area contributed by atoms with E-state index >= 15 is 0 Å². The van der Waals surface area contributed by atoms with Crippen LogP contribution in [0.15, 0.2) is 24.3 Å². The number of benzene rings is 1. The fourth-order valence-corrected chi connectivity index (χ4v) is 1.99. The third kappa shape index (κ3) is 2.99. The number of rotatable bonds is 4. The van der Waals surface area contributed by atoms with Crippen molar-refractivity contribution in [1.29, 1.82) is 0 Å². The zero-order valence-electron chi connectivity index (χ0n) is 12.7. The van der Waals surface area contributed by atoms with Crippen LogP contribution in [0, 0.1) is 13.8 Å². The highest BCUT2D eigenvalue weighted by Crippen LogP contribution is 2.25. The van der Waals surface area contributed by atoms with Gasteiger partial charge in [0.2, 0.25) is 0 Å². The van der Waals surface area contributed by atoms with Gasteiger partial charge in [-0.15, -0.1) is 0 Å². The van der Waals surface area contributed by atoms with E-state index in [9.17, 15) is 0 Å². The normalized spacial score (nSPS) is 10.2. The summed E-state index contributed by atoms with van der Waals surface area (Å²) in [6.07, 6.45) is 0. The highest BCUT2D eigenvalue weighted by molar-refractivity contribution is 5.67. The topological polar surface area (TPSA) is 53.1 Å². The smallest absolute Gasteiger partial charge is 0.139 e. The number of hydrogen-bond donors (Lipinski definition) is 2. The minimum Gasteiger partial charge on any atom is -0.378 e. The Kier molecular flexibility index (Phi) is 4.08. The first kappa shape index (κ1) is 14.1. The molecule has 0 saturated heterocycles. The van der Waals surface area contributed by atoms with Crippen LogP contribution in [0.4, 0.5) is 23.0 Å². The monoisotopic (exact) mass is 271 g/mol. The Balaban J connectivity index is 2.35. The largest absolute Gasteiger partial charge is 0.378 e. The second-order valence-corrected chi connectivity index (χ2v) is 4.91. The Morgan fingerprint density at radius 1 is 1.05 bits per heavy atom. The van der Waals surface area contributed by atoms with Crippen molar-refractivity contribution < 1.29 is 0 Å². The lowest BCUT2D eigenvalue weighted by atomic mass is 10.2. The minimum atomic E-state index is 0.742. The van der Waals surface area contributed by atoms with Gasteiger partial charge in [0.25, 0.3) is 0 Å². The molecule has 1 heterocycles. The number of aryl methyl sites for hydroxylation is 1. The molecule has 2 N–H and O–H groups in total. The number of hydrogen-bond acceptors (Lipinski definition) is 5. The lowest BCUT2D eigenvalue weighted by Gasteiger charge is -2.16. The highest BCUT2D eigenvalue weighted by atomic mass is 15.1. The fourth-order valence-electron chi connectivity index (χ4n) is 1.99. The van der Waals surface area contributed by atoms with Crippen LogP contribution in [-0.4, -0.2) is 31.1 Å². The molecule has 5 heteroatoms. The van der Waals surface area contributed by atoms with Gasteiger partial charge in [-0.1, -0.05) is 6.07 Å². The van der Waals surface area contributed by atoms with Crippen LogP contribution in [0.25, 0.3) is 0 Å². The van der Waals surface area contributed by atoms with Gasteiger partial charge in [0.1, 0.15) is 17.5 Å². The molecule has 0 radical (unpaired) electrons. The summed E-state index contributed by atoms with van der Waals surface area (Å²) >= 11 is 0. The summed E-state index contributed by atoms with van der Waals surface area (Å²) in [5, 5.41) is 6.46. The van der Waals surface area contributed by atoms with Crippen LogP contribution in [-0.2, 0) is 0 Å². The van der Waals surface area contributed by atoms with Crippen molar-refractivity contribution in [2.24, 2.45) is 0 Å². The van der Waals surface area contributed by atoms with Crippen molar-refractivity contribution in [3.8, 4) is 0 Å². The third-order valence-corrected chi connectivity index (χ3v) is 3.12. The first-order valence-electron chi connectivity index (χ1n) is 6.58. The van der Waals surface area contributed by atoms with Crippen molar-refractivity contribution in [2.45, 2.75) is 13.8 Å². The lowest BCUT2D eigenvalue weighted by Crippen LogP contribution is -2.09. The molecule has 106 valence electrons. The molecule has 0 saturated carbocycles. The van der Waals surface area contributed by atoms with Gasteiger partial charge in [-0.25, -0.2) is 9.97 Å². The van der Waals surface area contributed by atoms with Crippen LogP contribution in [0.5, 0.6) is 0 Å². The zero-order valence-corrected chi connectivity index (χ0v) is 12.7. The van der Waals surface area contributed by atoms with Crippen molar-refractivity contribution in [1.82, 2.24) is 9.97 Å². The van der Waals surface area contributed by atoms with Gasteiger partial charge >= 0.3 is 0 Å². The highest BCUT2D eigenvalue weighted by Gasteiger charge is 2.08. The quantitative estimate of drug-likeness (QED) is 0.895. The van der Waals surface area contributed by atoms with Crippen molar-refractivity contribution >= 4 is 23.0 Å². The van der Waals surface area contributed by atoms with E-state index in [2.05, 4.69) is 37.6 Å². The van der Waals surface area contributed by atoms with Gasteiger partial charge < -0.3 is 15.5 Å². The van der Waals surface area contributed by atoms with Gasteiger partial charge in [0, 0.05) is 38.1 Å².